The fourth-order valence-electron chi connectivity index (χ4n) is 2.39. The van der Waals surface area contributed by atoms with Gasteiger partial charge in [0, 0.05) is 49.4 Å². The van der Waals surface area contributed by atoms with Crippen molar-refractivity contribution in [3.63, 3.8) is 0 Å². The number of nitrogens with one attached hydrogen (secondary N) is 1. The Labute approximate surface area is 123 Å². The highest BCUT2D eigenvalue weighted by molar-refractivity contribution is 6.18. The minimum Gasteiger partial charge on any atom is -0.369 e. The summed E-state index contributed by atoms with van der Waals surface area (Å²) in [4.78, 5) is 13.5. The molecule has 0 saturated carbocycles. The maximum absolute atomic E-state index is 11.3. The molecule has 1 atom stereocenters. The van der Waals surface area contributed by atoms with Gasteiger partial charge in [0.1, 0.15) is 0 Å². The molecule has 0 bridgehead atoms. The van der Waals surface area contributed by atoms with E-state index >= 15 is 0 Å². The molecule has 1 aliphatic heterocycles. The largest absolute Gasteiger partial charge is 0.369 e. The van der Waals surface area contributed by atoms with E-state index in [4.69, 9.17) is 23.2 Å². The molecule has 0 aromatic heterocycles. The van der Waals surface area contributed by atoms with E-state index in [0.717, 1.165) is 25.3 Å². The van der Waals surface area contributed by atoms with Gasteiger partial charge >= 0.3 is 0 Å². The normalized spacial score (nSPS) is 18.4. The van der Waals surface area contributed by atoms with Crippen molar-refractivity contribution in [3.05, 3.63) is 29.8 Å². The van der Waals surface area contributed by atoms with Crippen LogP contribution in [0.2, 0.25) is 0 Å². The first-order valence-corrected chi connectivity index (χ1v) is 7.55. The maximum Gasteiger partial charge on any atom is 0.220 e. The van der Waals surface area contributed by atoms with Gasteiger partial charge in [0.15, 0.2) is 0 Å². The number of benzene rings is 1. The highest BCUT2D eigenvalue weighted by Gasteiger charge is 2.23. The summed E-state index contributed by atoms with van der Waals surface area (Å²) in [6.45, 7) is 2.28. The molecule has 1 aromatic rings. The number of halogens is 2. The van der Waals surface area contributed by atoms with Crippen LogP contribution in [0.15, 0.2) is 24.3 Å². The average molecular weight is 301 g/mol. The van der Waals surface area contributed by atoms with Gasteiger partial charge in [0.25, 0.3) is 0 Å². The first-order valence-electron chi connectivity index (χ1n) is 6.48. The second-order valence-electron chi connectivity index (χ2n) is 4.67. The summed E-state index contributed by atoms with van der Waals surface area (Å²) in [5.74, 6) is 1.56. The van der Waals surface area contributed by atoms with Crippen LogP contribution in [0.5, 0.6) is 0 Å². The van der Waals surface area contributed by atoms with Crippen molar-refractivity contribution in [1.29, 1.82) is 0 Å². The quantitative estimate of drug-likeness (QED) is 0.819. The Balaban J connectivity index is 2.15. The molecule has 1 N–H and O–H groups in total. The number of anilines is 1. The van der Waals surface area contributed by atoms with Crippen LogP contribution in [0.4, 0.5) is 5.69 Å². The number of carbonyl (C=O) groups is 1. The Morgan fingerprint density at radius 2 is 2.00 bits per heavy atom. The number of rotatable bonds is 6. The molecular weight excluding hydrogens is 283 g/mol. The van der Waals surface area contributed by atoms with Crippen molar-refractivity contribution in [2.24, 2.45) is 0 Å². The second-order valence-corrected chi connectivity index (χ2v) is 5.42. The third kappa shape index (κ3) is 3.77. The van der Waals surface area contributed by atoms with Crippen LogP contribution in [0.25, 0.3) is 0 Å². The summed E-state index contributed by atoms with van der Waals surface area (Å²) in [7, 11) is 0. The summed E-state index contributed by atoms with van der Waals surface area (Å²) in [6, 6.07) is 8.31. The minimum atomic E-state index is 0.133. The Hall–Kier alpha value is -0.930. The first-order chi connectivity index (χ1) is 9.24. The fraction of sp³-hybridized carbons (Fsp3) is 0.500. The van der Waals surface area contributed by atoms with Gasteiger partial charge in [-0.1, -0.05) is 12.1 Å². The van der Waals surface area contributed by atoms with Gasteiger partial charge in [-0.2, -0.15) is 0 Å². The molecule has 3 nitrogen and oxygen atoms in total. The summed E-state index contributed by atoms with van der Waals surface area (Å²) in [6.07, 6.45) is 0.578. The average Bonchev–Trinajstić information content (AvgIpc) is 2.85. The topological polar surface area (TPSA) is 32.3 Å². The van der Waals surface area contributed by atoms with Crippen molar-refractivity contribution in [2.45, 2.75) is 12.3 Å². The molecule has 2 rings (SSSR count). The SMILES string of the molecule is O=C1CC(c2cccc(N(CCCl)CCCl)c2)CN1. The van der Waals surface area contributed by atoms with Crippen LogP contribution >= 0.6 is 23.2 Å². The van der Waals surface area contributed by atoms with Crippen molar-refractivity contribution >= 4 is 34.8 Å². The van der Waals surface area contributed by atoms with E-state index in [1.54, 1.807) is 0 Å². The maximum atomic E-state index is 11.3. The molecule has 19 heavy (non-hydrogen) atoms. The fourth-order valence-corrected chi connectivity index (χ4v) is 2.80. The smallest absolute Gasteiger partial charge is 0.220 e. The van der Waals surface area contributed by atoms with E-state index in [2.05, 4.69) is 28.4 Å². The Bertz CT molecular complexity index is 433. The van der Waals surface area contributed by atoms with Gasteiger partial charge in [-0.25, -0.2) is 0 Å². The number of hydrogen-bond donors (Lipinski definition) is 1. The van der Waals surface area contributed by atoms with Gasteiger partial charge in [0.2, 0.25) is 5.91 Å². The van der Waals surface area contributed by atoms with Crippen molar-refractivity contribution < 1.29 is 4.79 Å². The van der Waals surface area contributed by atoms with Gasteiger partial charge < -0.3 is 10.2 Å². The van der Waals surface area contributed by atoms with E-state index in [-0.39, 0.29) is 11.8 Å². The molecule has 0 spiro atoms. The van der Waals surface area contributed by atoms with Gasteiger partial charge in [-0.05, 0) is 17.7 Å². The van der Waals surface area contributed by atoms with Crippen LogP contribution in [0, 0.1) is 0 Å². The van der Waals surface area contributed by atoms with Crippen LogP contribution in [-0.2, 0) is 4.79 Å². The highest BCUT2D eigenvalue weighted by Crippen LogP contribution is 2.26. The number of alkyl halides is 2. The second kappa shape index (κ2) is 7.01. The number of amides is 1. The third-order valence-corrected chi connectivity index (χ3v) is 3.73. The molecule has 5 heteroatoms. The van der Waals surface area contributed by atoms with E-state index < -0.39 is 0 Å². The van der Waals surface area contributed by atoms with Crippen molar-refractivity contribution in [2.75, 3.05) is 36.3 Å². The van der Waals surface area contributed by atoms with Gasteiger partial charge in [0.05, 0.1) is 0 Å². The van der Waals surface area contributed by atoms with Crippen molar-refractivity contribution in [3.8, 4) is 0 Å². The molecule has 1 aliphatic rings. The van der Waals surface area contributed by atoms with E-state index in [1.165, 1.54) is 5.56 Å². The molecule has 0 radical (unpaired) electrons. The van der Waals surface area contributed by atoms with Crippen molar-refractivity contribution in [1.82, 2.24) is 5.32 Å². The zero-order valence-electron chi connectivity index (χ0n) is 10.7. The van der Waals surface area contributed by atoms with E-state index in [9.17, 15) is 4.79 Å². The summed E-state index contributed by atoms with van der Waals surface area (Å²) in [5, 5.41) is 2.87. The monoisotopic (exact) mass is 300 g/mol. The zero-order chi connectivity index (χ0) is 13.7. The lowest BCUT2D eigenvalue weighted by Gasteiger charge is -2.24. The lowest BCUT2D eigenvalue weighted by molar-refractivity contribution is -0.119. The summed E-state index contributed by atoms with van der Waals surface area (Å²) < 4.78 is 0. The Morgan fingerprint density at radius 1 is 1.26 bits per heavy atom. The number of carbonyl (C=O) groups excluding carboxylic acids is 1. The molecular formula is C14H18Cl2N2O. The van der Waals surface area contributed by atoms with Gasteiger partial charge in [-0.15, -0.1) is 23.2 Å². The van der Waals surface area contributed by atoms with E-state index in [1.807, 2.05) is 6.07 Å². The lowest BCUT2D eigenvalue weighted by atomic mass is 9.97. The van der Waals surface area contributed by atoms with Crippen LogP contribution in [0.1, 0.15) is 17.9 Å². The first kappa shape index (κ1) is 14.5. The molecule has 1 amide bonds. The predicted octanol–water partition coefficient (Wildman–Crippen LogP) is 2.57. The zero-order valence-corrected chi connectivity index (χ0v) is 12.3. The number of nitrogens with zero attached hydrogens (tertiary/aromatic N) is 1. The molecule has 1 saturated heterocycles. The summed E-state index contributed by atoms with van der Waals surface area (Å²) in [5.41, 5.74) is 2.32. The number of hydrogen-bond acceptors (Lipinski definition) is 2. The van der Waals surface area contributed by atoms with Crippen LogP contribution < -0.4 is 10.2 Å². The Morgan fingerprint density at radius 3 is 2.58 bits per heavy atom. The molecule has 104 valence electrons. The molecule has 1 fully saturated rings. The standard InChI is InChI=1S/C14H18Cl2N2O/c15-4-6-18(7-5-16)13-3-1-2-11(8-13)12-9-14(19)17-10-12/h1-3,8,12H,4-7,9-10H2,(H,17,19). The van der Waals surface area contributed by atoms with Gasteiger partial charge in [-0.3, -0.25) is 4.79 Å². The highest BCUT2D eigenvalue weighted by atomic mass is 35.5. The Kier molecular flexibility index (Phi) is 5.34. The molecule has 0 aliphatic carbocycles. The lowest BCUT2D eigenvalue weighted by Crippen LogP contribution is -2.27. The third-order valence-electron chi connectivity index (χ3n) is 3.39. The van der Waals surface area contributed by atoms with Crippen LogP contribution in [-0.4, -0.2) is 37.3 Å². The van der Waals surface area contributed by atoms with Crippen LogP contribution in [0.3, 0.4) is 0 Å². The minimum absolute atomic E-state index is 0.133. The molecule has 1 aromatic carbocycles. The predicted molar refractivity (Wildman–Crippen MR) is 80.5 cm³/mol. The van der Waals surface area contributed by atoms with E-state index in [0.29, 0.717) is 18.2 Å². The summed E-state index contributed by atoms with van der Waals surface area (Å²) >= 11 is 11.7. The molecule has 1 unspecified atom stereocenters. The molecule has 1 heterocycles.